The Balaban J connectivity index is 2.22. The molecule has 0 spiro atoms. The molecule has 0 aliphatic heterocycles. The Labute approximate surface area is 146 Å². The van der Waals surface area contributed by atoms with Gasteiger partial charge in [0.25, 0.3) is 0 Å². The van der Waals surface area contributed by atoms with Gasteiger partial charge in [0, 0.05) is 10.8 Å². The molecule has 0 unspecified atom stereocenters. The Morgan fingerprint density at radius 1 is 0.720 bits per heavy atom. The second-order valence-corrected chi connectivity index (χ2v) is 6.33. The van der Waals surface area contributed by atoms with Gasteiger partial charge in [-0.15, -0.1) is 0 Å². The molecule has 0 radical (unpaired) electrons. The minimum atomic E-state index is 0.545. The number of fused-ring (bicyclic) bond motifs is 3. The van der Waals surface area contributed by atoms with E-state index < -0.39 is 0 Å². The summed E-state index contributed by atoms with van der Waals surface area (Å²) in [5.74, 6) is 0. The van der Waals surface area contributed by atoms with Crippen LogP contribution in [0.1, 0.15) is 22.3 Å². The first-order valence-electron chi connectivity index (χ1n) is 8.08. The first-order chi connectivity index (χ1) is 12.1. The molecular weight excluding hydrogens is 306 g/mol. The number of aryl methyl sites for hydroxylation is 2. The summed E-state index contributed by atoms with van der Waals surface area (Å²) in [7, 11) is 0. The van der Waals surface area contributed by atoms with Crippen molar-refractivity contribution in [3.8, 4) is 17.8 Å². The minimum Gasteiger partial charge on any atom is -0.308 e. The second kappa shape index (κ2) is 5.51. The lowest BCUT2D eigenvalue weighted by Gasteiger charge is -2.10. The fraction of sp³-hybridized carbons (Fsp3) is 0.0909. The van der Waals surface area contributed by atoms with Crippen LogP contribution in [0, 0.1) is 36.5 Å². The van der Waals surface area contributed by atoms with Crippen molar-refractivity contribution >= 4 is 21.8 Å². The third kappa shape index (κ3) is 2.26. The topological polar surface area (TPSA) is 52.5 Å². The van der Waals surface area contributed by atoms with E-state index in [0.717, 1.165) is 27.5 Å². The molecule has 0 saturated carbocycles. The molecule has 118 valence electrons. The quantitative estimate of drug-likeness (QED) is 0.487. The molecule has 0 bridgehead atoms. The number of aromatic nitrogens is 1. The Hall–Kier alpha value is -3.56. The molecule has 25 heavy (non-hydrogen) atoms. The van der Waals surface area contributed by atoms with Gasteiger partial charge in [0.05, 0.1) is 33.9 Å². The van der Waals surface area contributed by atoms with Crippen LogP contribution in [0.4, 0.5) is 0 Å². The lowest BCUT2D eigenvalue weighted by Crippen LogP contribution is -1.98. The minimum absolute atomic E-state index is 0.545. The molecule has 0 aliphatic rings. The number of hydrogen-bond donors (Lipinski definition) is 0. The van der Waals surface area contributed by atoms with Crippen molar-refractivity contribution in [1.82, 2.24) is 4.57 Å². The first kappa shape index (κ1) is 15.0. The summed E-state index contributed by atoms with van der Waals surface area (Å²) in [6.45, 7) is 4.16. The van der Waals surface area contributed by atoms with E-state index in [9.17, 15) is 10.5 Å². The van der Waals surface area contributed by atoms with Crippen molar-refractivity contribution < 1.29 is 0 Å². The number of nitrogens with zero attached hydrogens (tertiary/aromatic N) is 3. The summed E-state index contributed by atoms with van der Waals surface area (Å²) < 4.78 is 2.09. The summed E-state index contributed by atoms with van der Waals surface area (Å²) >= 11 is 0. The molecule has 3 nitrogen and oxygen atoms in total. The monoisotopic (exact) mass is 321 g/mol. The van der Waals surface area contributed by atoms with Crippen molar-refractivity contribution in [2.75, 3.05) is 0 Å². The molecule has 0 fully saturated rings. The summed E-state index contributed by atoms with van der Waals surface area (Å²) in [6, 6.07) is 22.3. The maximum absolute atomic E-state index is 9.57. The third-order valence-corrected chi connectivity index (χ3v) is 4.56. The van der Waals surface area contributed by atoms with Crippen molar-refractivity contribution in [2.45, 2.75) is 13.8 Å². The number of benzene rings is 3. The molecule has 0 saturated heterocycles. The van der Waals surface area contributed by atoms with Crippen LogP contribution >= 0.6 is 0 Å². The highest BCUT2D eigenvalue weighted by Crippen LogP contribution is 2.34. The van der Waals surface area contributed by atoms with Crippen LogP contribution in [0.15, 0.2) is 54.6 Å². The van der Waals surface area contributed by atoms with Gasteiger partial charge in [-0.25, -0.2) is 0 Å². The normalized spacial score (nSPS) is 10.7. The van der Waals surface area contributed by atoms with Gasteiger partial charge >= 0.3 is 0 Å². The molecule has 0 aliphatic carbocycles. The Morgan fingerprint density at radius 2 is 1.32 bits per heavy atom. The number of hydrogen-bond acceptors (Lipinski definition) is 2. The lowest BCUT2D eigenvalue weighted by molar-refractivity contribution is 1.16. The fourth-order valence-electron chi connectivity index (χ4n) is 3.39. The zero-order valence-corrected chi connectivity index (χ0v) is 14.0. The van der Waals surface area contributed by atoms with E-state index in [1.54, 1.807) is 18.2 Å². The predicted octanol–water partition coefficient (Wildman–Crippen LogP) is 5.14. The van der Waals surface area contributed by atoms with Crippen LogP contribution in [-0.2, 0) is 0 Å². The van der Waals surface area contributed by atoms with Crippen LogP contribution in [-0.4, -0.2) is 4.57 Å². The largest absolute Gasteiger partial charge is 0.308 e. The van der Waals surface area contributed by atoms with E-state index in [2.05, 4.69) is 67.0 Å². The van der Waals surface area contributed by atoms with Gasteiger partial charge in [0.1, 0.15) is 6.07 Å². The standard InChI is InChI=1S/C22H15N3/c1-14-3-7-20-18(9-14)19-10-15(2)4-8-21(19)25(20)22-11-16(12-23)5-6-17(22)13-24/h3-11H,1-2H3. The summed E-state index contributed by atoms with van der Waals surface area (Å²) in [5, 5.41) is 21.2. The summed E-state index contributed by atoms with van der Waals surface area (Å²) in [6.07, 6.45) is 0. The molecule has 0 N–H and O–H groups in total. The van der Waals surface area contributed by atoms with E-state index in [0.29, 0.717) is 11.1 Å². The summed E-state index contributed by atoms with van der Waals surface area (Å²) in [4.78, 5) is 0. The van der Waals surface area contributed by atoms with Gasteiger partial charge in [-0.1, -0.05) is 23.3 Å². The fourth-order valence-corrected chi connectivity index (χ4v) is 3.39. The number of nitriles is 2. The predicted molar refractivity (Wildman–Crippen MR) is 99.7 cm³/mol. The van der Waals surface area contributed by atoms with Crippen LogP contribution in [0.5, 0.6) is 0 Å². The molecule has 4 rings (SSSR count). The van der Waals surface area contributed by atoms with E-state index in [1.165, 1.54) is 11.1 Å². The van der Waals surface area contributed by atoms with E-state index in [-0.39, 0.29) is 0 Å². The highest BCUT2D eigenvalue weighted by atomic mass is 15.0. The van der Waals surface area contributed by atoms with Gasteiger partial charge in [0.15, 0.2) is 0 Å². The van der Waals surface area contributed by atoms with Crippen molar-refractivity contribution in [2.24, 2.45) is 0 Å². The Kier molecular flexibility index (Phi) is 3.31. The zero-order valence-electron chi connectivity index (χ0n) is 14.0. The molecular formula is C22H15N3. The lowest BCUT2D eigenvalue weighted by atomic mass is 10.1. The van der Waals surface area contributed by atoms with Gasteiger partial charge in [-0.2, -0.15) is 10.5 Å². The van der Waals surface area contributed by atoms with Crippen molar-refractivity contribution in [3.63, 3.8) is 0 Å². The van der Waals surface area contributed by atoms with E-state index >= 15 is 0 Å². The third-order valence-electron chi connectivity index (χ3n) is 4.56. The van der Waals surface area contributed by atoms with Gasteiger partial charge < -0.3 is 4.57 Å². The van der Waals surface area contributed by atoms with Crippen molar-refractivity contribution in [1.29, 1.82) is 10.5 Å². The number of rotatable bonds is 1. The maximum atomic E-state index is 9.57. The second-order valence-electron chi connectivity index (χ2n) is 6.33. The van der Waals surface area contributed by atoms with Crippen LogP contribution in [0.3, 0.4) is 0 Å². The summed E-state index contributed by atoms with van der Waals surface area (Å²) in [5.41, 5.74) is 6.31. The molecule has 3 heteroatoms. The van der Waals surface area contributed by atoms with Gasteiger partial charge in [-0.05, 0) is 56.3 Å². The van der Waals surface area contributed by atoms with Crippen LogP contribution < -0.4 is 0 Å². The zero-order chi connectivity index (χ0) is 17.6. The SMILES string of the molecule is Cc1ccc2c(c1)c1cc(C)ccc1n2-c1cc(C#N)ccc1C#N. The maximum Gasteiger partial charge on any atom is 0.101 e. The molecule has 0 amide bonds. The first-order valence-corrected chi connectivity index (χ1v) is 8.08. The Bertz CT molecular complexity index is 1170. The van der Waals surface area contributed by atoms with Gasteiger partial charge in [-0.3, -0.25) is 0 Å². The molecule has 1 heterocycles. The average Bonchev–Trinajstić information content (AvgIpc) is 2.94. The van der Waals surface area contributed by atoms with Crippen LogP contribution in [0.2, 0.25) is 0 Å². The smallest absolute Gasteiger partial charge is 0.101 e. The molecule has 3 aromatic carbocycles. The molecule has 0 atom stereocenters. The van der Waals surface area contributed by atoms with Gasteiger partial charge in [0.2, 0.25) is 0 Å². The Morgan fingerprint density at radius 3 is 1.84 bits per heavy atom. The van der Waals surface area contributed by atoms with Crippen LogP contribution in [0.25, 0.3) is 27.5 Å². The highest BCUT2D eigenvalue weighted by Gasteiger charge is 2.15. The van der Waals surface area contributed by atoms with E-state index in [1.807, 2.05) is 0 Å². The molecule has 4 aromatic rings. The van der Waals surface area contributed by atoms with Crippen molar-refractivity contribution in [3.05, 3.63) is 76.9 Å². The average molecular weight is 321 g/mol. The highest BCUT2D eigenvalue weighted by molar-refractivity contribution is 6.09. The molecule has 1 aromatic heterocycles. The van der Waals surface area contributed by atoms with E-state index in [4.69, 9.17) is 0 Å².